The van der Waals surface area contributed by atoms with E-state index in [0.717, 1.165) is 24.8 Å². The smallest absolute Gasteiger partial charge is 0.328 e. The quantitative estimate of drug-likeness (QED) is 0.923. The molecule has 0 radical (unpaired) electrons. The first kappa shape index (κ1) is 17.0. The molecule has 1 aliphatic heterocycles. The summed E-state index contributed by atoms with van der Waals surface area (Å²) in [7, 11) is 0. The largest absolute Gasteiger partial charge is 0.388 e. The maximum atomic E-state index is 12.2. The van der Waals surface area contributed by atoms with Crippen LogP contribution in [0.2, 0.25) is 0 Å². The van der Waals surface area contributed by atoms with Gasteiger partial charge in [0, 0.05) is 0 Å². The summed E-state index contributed by atoms with van der Waals surface area (Å²) >= 11 is 0. The first-order chi connectivity index (χ1) is 10.2. The van der Waals surface area contributed by atoms with Crippen molar-refractivity contribution >= 4 is 5.97 Å². The fourth-order valence-corrected chi connectivity index (χ4v) is 3.31. The molecule has 1 saturated heterocycles. The Bertz CT molecular complexity index is 494. The summed E-state index contributed by atoms with van der Waals surface area (Å²) < 4.78 is 0. The van der Waals surface area contributed by atoms with Crippen LogP contribution in [0.3, 0.4) is 0 Å². The van der Waals surface area contributed by atoms with Gasteiger partial charge in [0.05, 0.1) is 23.6 Å². The van der Waals surface area contributed by atoms with Crippen molar-refractivity contribution in [1.82, 2.24) is 5.06 Å². The SMILES string of the molecule is CC1(C)CCCC(C)(C)N1OC(=O)CC(O)c1ccccc1. The zero-order valence-electron chi connectivity index (χ0n) is 14.0. The molecule has 4 nitrogen and oxygen atoms in total. The van der Waals surface area contributed by atoms with E-state index in [1.54, 1.807) is 0 Å². The van der Waals surface area contributed by atoms with Crippen molar-refractivity contribution in [3.63, 3.8) is 0 Å². The monoisotopic (exact) mass is 305 g/mol. The van der Waals surface area contributed by atoms with Gasteiger partial charge in [-0.25, -0.2) is 0 Å². The molecule has 1 aromatic rings. The van der Waals surface area contributed by atoms with Gasteiger partial charge in [0.2, 0.25) is 0 Å². The Morgan fingerprint density at radius 3 is 2.27 bits per heavy atom. The normalized spacial score (nSPS) is 22.0. The fraction of sp³-hybridized carbons (Fsp3) is 0.611. The van der Waals surface area contributed by atoms with Gasteiger partial charge in [-0.15, -0.1) is 5.06 Å². The van der Waals surface area contributed by atoms with Crippen molar-refractivity contribution in [3.05, 3.63) is 35.9 Å². The number of nitrogens with zero attached hydrogens (tertiary/aromatic N) is 1. The summed E-state index contributed by atoms with van der Waals surface area (Å²) in [6.07, 6.45) is 2.24. The maximum Gasteiger partial charge on any atom is 0.328 e. The molecule has 0 saturated carbocycles. The molecule has 1 N–H and O–H groups in total. The highest BCUT2D eigenvalue weighted by atomic mass is 16.7. The lowest BCUT2D eigenvalue weighted by atomic mass is 9.82. The Morgan fingerprint density at radius 2 is 1.73 bits per heavy atom. The lowest BCUT2D eigenvalue weighted by Crippen LogP contribution is -2.58. The molecule has 0 amide bonds. The number of rotatable bonds is 4. The molecule has 0 aromatic heterocycles. The number of hydrogen-bond donors (Lipinski definition) is 1. The van der Waals surface area contributed by atoms with Crippen LogP contribution in [0.1, 0.15) is 65.0 Å². The van der Waals surface area contributed by atoms with Crippen LogP contribution in [0.4, 0.5) is 0 Å². The van der Waals surface area contributed by atoms with Crippen LogP contribution in [0.5, 0.6) is 0 Å². The molecule has 2 rings (SSSR count). The van der Waals surface area contributed by atoms with E-state index < -0.39 is 6.10 Å². The highest BCUT2D eigenvalue weighted by Gasteiger charge is 2.44. The van der Waals surface area contributed by atoms with Crippen molar-refractivity contribution in [3.8, 4) is 0 Å². The molecular weight excluding hydrogens is 278 g/mol. The van der Waals surface area contributed by atoms with E-state index in [4.69, 9.17) is 4.84 Å². The molecule has 0 spiro atoms. The number of benzene rings is 1. The fourth-order valence-electron chi connectivity index (χ4n) is 3.31. The molecule has 1 aliphatic rings. The summed E-state index contributed by atoms with van der Waals surface area (Å²) in [6, 6.07) is 9.20. The standard InChI is InChI=1S/C18H27NO3/c1-17(2)11-8-12-18(3,4)19(17)22-16(21)13-15(20)14-9-6-5-7-10-14/h5-7,9-10,15,20H,8,11-13H2,1-4H3. The van der Waals surface area contributed by atoms with Crippen LogP contribution in [-0.2, 0) is 9.63 Å². The summed E-state index contributed by atoms with van der Waals surface area (Å²) in [6.45, 7) is 8.37. The minimum absolute atomic E-state index is 0.0350. The molecule has 4 heteroatoms. The van der Waals surface area contributed by atoms with Crippen LogP contribution < -0.4 is 0 Å². The van der Waals surface area contributed by atoms with Gasteiger partial charge in [0.15, 0.2) is 0 Å². The Morgan fingerprint density at radius 1 is 1.18 bits per heavy atom. The Kier molecular flexibility index (Phi) is 4.93. The first-order valence-corrected chi connectivity index (χ1v) is 7.96. The molecule has 0 aliphatic carbocycles. The average Bonchev–Trinajstić information content (AvgIpc) is 2.43. The van der Waals surface area contributed by atoms with Gasteiger partial charge in [0.25, 0.3) is 0 Å². The number of aliphatic hydroxyl groups is 1. The zero-order valence-corrected chi connectivity index (χ0v) is 14.0. The van der Waals surface area contributed by atoms with Gasteiger partial charge in [-0.1, -0.05) is 30.3 Å². The predicted molar refractivity (Wildman–Crippen MR) is 86.0 cm³/mol. The minimum Gasteiger partial charge on any atom is -0.388 e. The number of piperidine rings is 1. The van der Waals surface area contributed by atoms with E-state index in [-0.39, 0.29) is 23.5 Å². The minimum atomic E-state index is -0.829. The van der Waals surface area contributed by atoms with E-state index in [1.807, 2.05) is 35.4 Å². The maximum absolute atomic E-state index is 12.2. The molecule has 1 aromatic carbocycles. The first-order valence-electron chi connectivity index (χ1n) is 7.96. The topological polar surface area (TPSA) is 49.8 Å². The summed E-state index contributed by atoms with van der Waals surface area (Å²) in [5, 5.41) is 12.0. The molecule has 1 fully saturated rings. The van der Waals surface area contributed by atoms with E-state index >= 15 is 0 Å². The Balaban J connectivity index is 2.01. The van der Waals surface area contributed by atoms with Gasteiger partial charge >= 0.3 is 5.97 Å². The third-order valence-electron chi connectivity index (χ3n) is 4.41. The van der Waals surface area contributed by atoms with Crippen LogP contribution in [0, 0.1) is 0 Å². The van der Waals surface area contributed by atoms with E-state index in [1.165, 1.54) is 0 Å². The van der Waals surface area contributed by atoms with Crippen LogP contribution in [0.25, 0.3) is 0 Å². The van der Waals surface area contributed by atoms with Crippen molar-refractivity contribution in [1.29, 1.82) is 0 Å². The highest BCUT2D eigenvalue weighted by Crippen LogP contribution is 2.38. The Labute approximate surface area is 133 Å². The second-order valence-electron chi connectivity index (χ2n) is 7.37. The lowest BCUT2D eigenvalue weighted by molar-refractivity contribution is -0.266. The predicted octanol–water partition coefficient (Wildman–Crippen LogP) is 3.61. The van der Waals surface area contributed by atoms with E-state index in [2.05, 4.69) is 27.7 Å². The number of aliphatic hydroxyl groups excluding tert-OH is 1. The van der Waals surface area contributed by atoms with Crippen molar-refractivity contribution in [2.75, 3.05) is 0 Å². The number of hydrogen-bond acceptors (Lipinski definition) is 4. The van der Waals surface area contributed by atoms with Crippen molar-refractivity contribution in [2.24, 2.45) is 0 Å². The summed E-state index contributed by atoms with van der Waals surface area (Å²) in [4.78, 5) is 17.9. The Hall–Kier alpha value is -1.39. The second kappa shape index (κ2) is 6.39. The second-order valence-corrected chi connectivity index (χ2v) is 7.37. The van der Waals surface area contributed by atoms with Gasteiger partial charge in [-0.05, 0) is 52.5 Å². The van der Waals surface area contributed by atoms with Crippen molar-refractivity contribution in [2.45, 2.75) is 70.6 Å². The molecule has 1 unspecified atom stereocenters. The number of carbonyl (C=O) groups is 1. The average molecular weight is 305 g/mol. The number of carbonyl (C=O) groups excluding carboxylic acids is 1. The highest BCUT2D eigenvalue weighted by molar-refractivity contribution is 5.70. The van der Waals surface area contributed by atoms with Crippen LogP contribution in [0.15, 0.2) is 30.3 Å². The van der Waals surface area contributed by atoms with Gasteiger partial charge in [-0.2, -0.15) is 0 Å². The molecule has 122 valence electrons. The third-order valence-corrected chi connectivity index (χ3v) is 4.41. The number of hydroxylamine groups is 2. The lowest BCUT2D eigenvalue weighted by Gasteiger charge is -2.50. The summed E-state index contributed by atoms with van der Waals surface area (Å²) in [5.74, 6) is -0.389. The molecular formula is C18H27NO3. The van der Waals surface area contributed by atoms with Crippen LogP contribution >= 0.6 is 0 Å². The van der Waals surface area contributed by atoms with E-state index in [0.29, 0.717) is 0 Å². The van der Waals surface area contributed by atoms with E-state index in [9.17, 15) is 9.90 Å². The van der Waals surface area contributed by atoms with Crippen molar-refractivity contribution < 1.29 is 14.7 Å². The van der Waals surface area contributed by atoms with Crippen LogP contribution in [-0.4, -0.2) is 27.2 Å². The molecule has 22 heavy (non-hydrogen) atoms. The van der Waals surface area contributed by atoms with Gasteiger partial charge in [0.1, 0.15) is 0 Å². The third kappa shape index (κ3) is 3.87. The molecule has 1 heterocycles. The summed E-state index contributed by atoms with van der Waals surface area (Å²) in [5.41, 5.74) is 0.362. The van der Waals surface area contributed by atoms with Gasteiger partial charge < -0.3 is 9.94 Å². The zero-order chi connectivity index (χ0) is 16.4. The van der Waals surface area contributed by atoms with Gasteiger partial charge in [-0.3, -0.25) is 4.79 Å². The molecule has 1 atom stereocenters. The molecule has 0 bridgehead atoms.